The van der Waals surface area contributed by atoms with Crippen molar-refractivity contribution in [1.82, 2.24) is 0 Å². The van der Waals surface area contributed by atoms with Gasteiger partial charge in [-0.1, -0.05) is 25.1 Å². The third kappa shape index (κ3) is 5.91. The molecule has 0 amide bonds. The van der Waals surface area contributed by atoms with Crippen LogP contribution in [-0.2, 0) is 33.6 Å². The molecule has 0 saturated heterocycles. The average Bonchev–Trinajstić information content (AvgIpc) is 2.60. The van der Waals surface area contributed by atoms with Crippen LogP contribution in [0.5, 0.6) is 0 Å². The fraction of sp³-hybridized carbons (Fsp3) is 0.647. The van der Waals surface area contributed by atoms with Gasteiger partial charge in [-0.05, 0) is 45.7 Å². The number of aryl methyl sites for hydroxylation is 1. The van der Waals surface area contributed by atoms with Crippen LogP contribution in [0.2, 0.25) is 0 Å². The van der Waals surface area contributed by atoms with E-state index in [0.29, 0.717) is 5.69 Å². The fourth-order valence-corrected chi connectivity index (χ4v) is 7.45. The van der Waals surface area contributed by atoms with Crippen LogP contribution in [0.3, 0.4) is 0 Å². The Morgan fingerprint density at radius 2 is 1.23 bits per heavy atom. The second-order valence-corrected chi connectivity index (χ2v) is 9.91. The summed E-state index contributed by atoms with van der Waals surface area (Å²) in [4.78, 5) is 0. The first-order chi connectivity index (χ1) is 12.4. The summed E-state index contributed by atoms with van der Waals surface area (Å²) in [5.41, 5.74) is 0.415. The van der Waals surface area contributed by atoms with E-state index in [1.165, 1.54) is 0 Å². The summed E-state index contributed by atoms with van der Waals surface area (Å²) >= 11 is 0. The molecule has 0 aliphatic heterocycles. The third-order valence-corrected chi connectivity index (χ3v) is 9.14. The van der Waals surface area contributed by atoms with Gasteiger partial charge >= 0.3 is 15.2 Å². The average molecular weight is 407 g/mol. The van der Waals surface area contributed by atoms with Crippen molar-refractivity contribution in [3.05, 3.63) is 29.8 Å². The molecule has 0 aliphatic rings. The standard InChI is InChI=1S/C17H31NO6P2/c1-6-15-13-11-12-14-16(15)18-17(25(19,21-7-2)22-8-3)26(20,23-9-4)24-10-5/h11-14,17-18H,6-10H2,1-5H3. The lowest BCUT2D eigenvalue weighted by Crippen LogP contribution is -2.26. The number of hydrogen-bond donors (Lipinski definition) is 1. The van der Waals surface area contributed by atoms with Crippen LogP contribution < -0.4 is 5.32 Å². The zero-order valence-corrected chi connectivity index (χ0v) is 18.1. The molecule has 150 valence electrons. The molecule has 1 aromatic carbocycles. The maximum atomic E-state index is 13.5. The van der Waals surface area contributed by atoms with Crippen molar-refractivity contribution in [1.29, 1.82) is 0 Å². The SMILES string of the molecule is CCOP(=O)(OCC)C(Nc1ccccc1CC)P(=O)(OCC)OCC. The van der Waals surface area contributed by atoms with Gasteiger partial charge in [-0.25, -0.2) is 0 Å². The lowest BCUT2D eigenvalue weighted by molar-refractivity contribution is 0.198. The van der Waals surface area contributed by atoms with Gasteiger partial charge in [-0.3, -0.25) is 9.13 Å². The molecule has 0 atom stereocenters. The molecule has 0 heterocycles. The van der Waals surface area contributed by atoms with Crippen LogP contribution in [0.25, 0.3) is 0 Å². The Kier molecular flexibility index (Phi) is 10.1. The fourth-order valence-electron chi connectivity index (χ4n) is 2.52. The Morgan fingerprint density at radius 1 is 0.808 bits per heavy atom. The van der Waals surface area contributed by atoms with E-state index in [-0.39, 0.29) is 26.4 Å². The zero-order valence-electron chi connectivity index (χ0n) is 16.3. The predicted molar refractivity (Wildman–Crippen MR) is 105 cm³/mol. The number of nitrogens with one attached hydrogen (secondary N) is 1. The smallest absolute Gasteiger partial charge is 0.361 e. The van der Waals surface area contributed by atoms with E-state index in [2.05, 4.69) is 5.32 Å². The highest BCUT2D eigenvalue weighted by Gasteiger charge is 2.51. The van der Waals surface area contributed by atoms with Crippen LogP contribution in [0.1, 0.15) is 40.2 Å². The lowest BCUT2D eigenvalue weighted by atomic mass is 10.1. The zero-order chi connectivity index (χ0) is 19.6. The first kappa shape index (κ1) is 23.4. The largest absolute Gasteiger partial charge is 0.365 e. The van der Waals surface area contributed by atoms with Crippen molar-refractivity contribution in [2.24, 2.45) is 0 Å². The monoisotopic (exact) mass is 407 g/mol. The van der Waals surface area contributed by atoms with Gasteiger partial charge in [0, 0.05) is 5.69 Å². The molecule has 0 bridgehead atoms. The highest BCUT2D eigenvalue weighted by Crippen LogP contribution is 2.70. The quantitative estimate of drug-likeness (QED) is 0.434. The van der Waals surface area contributed by atoms with Gasteiger partial charge in [0.05, 0.1) is 26.4 Å². The molecule has 0 spiro atoms. The second-order valence-electron chi connectivity index (χ2n) is 5.28. The molecule has 0 aromatic heterocycles. The van der Waals surface area contributed by atoms with Gasteiger partial charge in [0.2, 0.25) is 5.52 Å². The van der Waals surface area contributed by atoms with E-state index < -0.39 is 20.7 Å². The van der Waals surface area contributed by atoms with Gasteiger partial charge in [0.15, 0.2) is 0 Å². The minimum absolute atomic E-state index is 0.142. The summed E-state index contributed by atoms with van der Waals surface area (Å²) in [7, 11) is -7.66. The van der Waals surface area contributed by atoms with E-state index in [1.807, 2.05) is 31.2 Å². The Morgan fingerprint density at radius 3 is 1.62 bits per heavy atom. The molecule has 9 heteroatoms. The van der Waals surface area contributed by atoms with Crippen molar-refractivity contribution < 1.29 is 27.2 Å². The van der Waals surface area contributed by atoms with Crippen molar-refractivity contribution in [2.75, 3.05) is 31.7 Å². The summed E-state index contributed by atoms with van der Waals surface area (Å²) in [6, 6.07) is 7.53. The first-order valence-corrected chi connectivity index (χ1v) is 12.2. The number of hydrogen-bond acceptors (Lipinski definition) is 7. The minimum Gasteiger partial charge on any atom is -0.361 e. The van der Waals surface area contributed by atoms with Crippen LogP contribution in [0.15, 0.2) is 24.3 Å². The maximum Gasteiger partial charge on any atom is 0.365 e. The molecule has 1 aromatic rings. The number of anilines is 1. The third-order valence-electron chi connectivity index (χ3n) is 3.52. The Bertz CT molecular complexity index is 589. The molecule has 0 fully saturated rings. The maximum absolute atomic E-state index is 13.5. The first-order valence-electron chi connectivity index (χ1n) is 9.02. The number of para-hydroxylation sites is 1. The van der Waals surface area contributed by atoms with Gasteiger partial charge < -0.3 is 23.4 Å². The summed E-state index contributed by atoms with van der Waals surface area (Å²) in [5, 5.41) is 3.09. The Hall–Kier alpha value is -0.680. The minimum atomic E-state index is -3.83. The van der Waals surface area contributed by atoms with Crippen molar-refractivity contribution in [2.45, 2.75) is 46.6 Å². The molecular weight excluding hydrogens is 376 g/mol. The normalized spacial score (nSPS) is 12.5. The molecule has 0 aliphatic carbocycles. The van der Waals surface area contributed by atoms with Gasteiger partial charge in [0.25, 0.3) is 0 Å². The molecule has 0 unspecified atom stereocenters. The van der Waals surface area contributed by atoms with Gasteiger partial charge in [-0.15, -0.1) is 0 Å². The van der Waals surface area contributed by atoms with Crippen LogP contribution >= 0.6 is 15.2 Å². The van der Waals surface area contributed by atoms with E-state index in [0.717, 1.165) is 12.0 Å². The lowest BCUT2D eigenvalue weighted by Gasteiger charge is -2.32. The molecule has 26 heavy (non-hydrogen) atoms. The molecule has 1 N–H and O–H groups in total. The summed E-state index contributed by atoms with van der Waals surface area (Å²) in [6.07, 6.45) is 0.747. The summed E-state index contributed by atoms with van der Waals surface area (Å²) < 4.78 is 48.8. The van der Waals surface area contributed by atoms with E-state index >= 15 is 0 Å². The highest BCUT2D eigenvalue weighted by molar-refractivity contribution is 7.72. The van der Waals surface area contributed by atoms with Gasteiger partial charge in [-0.2, -0.15) is 0 Å². The molecule has 0 saturated carbocycles. The molecular formula is C17H31NO6P2. The van der Waals surface area contributed by atoms with E-state index in [4.69, 9.17) is 18.1 Å². The Labute approximate surface area is 156 Å². The number of rotatable bonds is 13. The van der Waals surface area contributed by atoms with Crippen molar-refractivity contribution in [3.63, 3.8) is 0 Å². The molecule has 0 radical (unpaired) electrons. The van der Waals surface area contributed by atoms with Crippen LogP contribution in [0.4, 0.5) is 5.69 Å². The highest BCUT2D eigenvalue weighted by atomic mass is 31.2. The summed E-state index contributed by atoms with van der Waals surface area (Å²) in [6.45, 7) is 9.39. The molecule has 1 rings (SSSR count). The van der Waals surface area contributed by atoms with Crippen molar-refractivity contribution >= 4 is 20.9 Å². The van der Waals surface area contributed by atoms with E-state index in [1.54, 1.807) is 27.7 Å². The molecule has 7 nitrogen and oxygen atoms in total. The van der Waals surface area contributed by atoms with Crippen LogP contribution in [-0.4, -0.2) is 32.0 Å². The Balaban J connectivity index is 3.44. The topological polar surface area (TPSA) is 83.1 Å². The second kappa shape index (κ2) is 11.2. The van der Waals surface area contributed by atoms with E-state index in [9.17, 15) is 9.13 Å². The summed E-state index contributed by atoms with van der Waals surface area (Å²) in [5.74, 6) is 0. The van der Waals surface area contributed by atoms with Crippen molar-refractivity contribution in [3.8, 4) is 0 Å². The number of benzene rings is 1. The van der Waals surface area contributed by atoms with Crippen LogP contribution in [0, 0.1) is 0 Å². The predicted octanol–water partition coefficient (Wildman–Crippen LogP) is 5.48. The van der Waals surface area contributed by atoms with Gasteiger partial charge in [0.1, 0.15) is 0 Å².